The van der Waals surface area contributed by atoms with Crippen molar-refractivity contribution in [2.24, 2.45) is 0 Å². The van der Waals surface area contributed by atoms with Gasteiger partial charge in [0.2, 0.25) is 5.95 Å². The lowest BCUT2D eigenvalue weighted by atomic mass is 10.1. The third-order valence-electron chi connectivity index (χ3n) is 4.26. The summed E-state index contributed by atoms with van der Waals surface area (Å²) in [4.78, 5) is 20.0. The minimum atomic E-state index is -0.572. The van der Waals surface area contributed by atoms with Gasteiger partial charge in [-0.2, -0.15) is 4.98 Å². The van der Waals surface area contributed by atoms with Crippen LogP contribution in [0.25, 0.3) is 0 Å². The number of nitrogens with zero attached hydrogens (tertiary/aromatic N) is 2. The van der Waals surface area contributed by atoms with Crippen molar-refractivity contribution in [3.8, 4) is 5.75 Å². The van der Waals surface area contributed by atoms with E-state index in [1.807, 2.05) is 13.0 Å². The number of carbonyl (C=O) groups is 1. The molecule has 3 N–H and O–H groups in total. The molecule has 1 aliphatic rings. The summed E-state index contributed by atoms with van der Waals surface area (Å²) in [5.74, 6) is 0.210. The first-order valence-electron chi connectivity index (χ1n) is 9.07. The maximum absolute atomic E-state index is 14.1. The van der Waals surface area contributed by atoms with Crippen molar-refractivity contribution in [1.82, 2.24) is 15.3 Å². The van der Waals surface area contributed by atoms with Gasteiger partial charge in [-0.15, -0.1) is 0 Å². The van der Waals surface area contributed by atoms with Crippen LogP contribution in [0.5, 0.6) is 5.75 Å². The minimum absolute atomic E-state index is 0.0495. The molecular formula is C21H22FN5O2. The fraction of sp³-hybridized carbons (Fsp3) is 0.190. The van der Waals surface area contributed by atoms with Crippen molar-refractivity contribution in [2.75, 3.05) is 17.7 Å². The molecule has 8 heteroatoms. The lowest BCUT2D eigenvalue weighted by Crippen LogP contribution is -2.34. The van der Waals surface area contributed by atoms with Gasteiger partial charge in [0.15, 0.2) is 17.7 Å². The summed E-state index contributed by atoms with van der Waals surface area (Å²) in [6, 6.07) is 5.43. The molecule has 0 saturated heterocycles. The van der Waals surface area contributed by atoms with Crippen LogP contribution in [-0.4, -0.2) is 29.0 Å². The Hall–Kier alpha value is -3.68. The molecule has 2 aromatic rings. The Morgan fingerprint density at radius 3 is 2.97 bits per heavy atom. The summed E-state index contributed by atoms with van der Waals surface area (Å²) in [6.07, 6.45) is 7.94. The van der Waals surface area contributed by atoms with Gasteiger partial charge in [0.1, 0.15) is 5.75 Å². The van der Waals surface area contributed by atoms with E-state index >= 15 is 0 Å². The summed E-state index contributed by atoms with van der Waals surface area (Å²) in [6.45, 7) is 5.44. The number of ether oxygens (including phenoxy) is 1. The Labute approximate surface area is 168 Å². The number of rotatable bonds is 7. The second kappa shape index (κ2) is 9.01. The highest BCUT2D eigenvalue weighted by molar-refractivity contribution is 5.82. The predicted octanol–water partition coefficient (Wildman–Crippen LogP) is 3.47. The first-order chi connectivity index (χ1) is 14.0. The Balaban J connectivity index is 1.76. The molecule has 0 bridgehead atoms. The van der Waals surface area contributed by atoms with Crippen molar-refractivity contribution < 1.29 is 13.9 Å². The summed E-state index contributed by atoms with van der Waals surface area (Å²) in [7, 11) is 1.57. The molecule has 7 nitrogen and oxygen atoms in total. The molecular weight excluding hydrogens is 373 g/mol. The van der Waals surface area contributed by atoms with Gasteiger partial charge in [0.05, 0.1) is 6.20 Å². The summed E-state index contributed by atoms with van der Waals surface area (Å²) in [5, 5.41) is 8.56. The average Bonchev–Trinajstić information content (AvgIpc) is 3.16. The van der Waals surface area contributed by atoms with E-state index in [9.17, 15) is 9.18 Å². The van der Waals surface area contributed by atoms with Gasteiger partial charge >= 0.3 is 0 Å². The molecule has 2 heterocycles. The first kappa shape index (κ1) is 20.1. The fourth-order valence-corrected chi connectivity index (χ4v) is 2.80. The van der Waals surface area contributed by atoms with E-state index in [1.54, 1.807) is 43.5 Å². The highest BCUT2D eigenvalue weighted by Crippen LogP contribution is 2.32. The van der Waals surface area contributed by atoms with Crippen LogP contribution < -0.4 is 20.7 Å². The molecule has 0 spiro atoms. The number of hydrogen-bond acceptors (Lipinski definition) is 6. The van der Waals surface area contributed by atoms with Crippen molar-refractivity contribution in [2.45, 2.75) is 19.4 Å². The Kier molecular flexibility index (Phi) is 6.23. The van der Waals surface area contributed by atoms with Gasteiger partial charge in [-0.3, -0.25) is 4.79 Å². The maximum atomic E-state index is 14.1. The molecule has 0 saturated carbocycles. The number of nitrogens with one attached hydrogen (secondary N) is 3. The zero-order valence-corrected chi connectivity index (χ0v) is 16.2. The number of allylic oxidation sites excluding steroid dienone is 4. The van der Waals surface area contributed by atoms with Crippen LogP contribution in [0.15, 0.2) is 61.0 Å². The smallest absolute Gasteiger partial charge is 0.261 e. The number of carbonyl (C=O) groups excluding carboxylic acids is 1. The largest absolute Gasteiger partial charge is 0.480 e. The van der Waals surface area contributed by atoms with E-state index in [2.05, 4.69) is 32.5 Å². The van der Waals surface area contributed by atoms with Crippen molar-refractivity contribution in [3.63, 3.8) is 0 Å². The maximum Gasteiger partial charge on any atom is 0.261 e. The van der Waals surface area contributed by atoms with Crippen LogP contribution in [0, 0.1) is 5.82 Å². The van der Waals surface area contributed by atoms with Crippen LogP contribution in [0.1, 0.15) is 12.5 Å². The van der Waals surface area contributed by atoms with E-state index in [0.29, 0.717) is 23.6 Å². The van der Waals surface area contributed by atoms with Crippen LogP contribution in [0.3, 0.4) is 0 Å². The molecule has 0 aliphatic carbocycles. The monoisotopic (exact) mass is 395 g/mol. The Bertz CT molecular complexity index is 987. The second-order valence-electron chi connectivity index (χ2n) is 6.23. The third-order valence-corrected chi connectivity index (χ3v) is 4.26. The number of aromatic nitrogens is 2. The molecule has 1 aromatic carbocycles. The summed E-state index contributed by atoms with van der Waals surface area (Å²) in [5.41, 5.74) is 2.28. The highest BCUT2D eigenvalue weighted by atomic mass is 19.1. The molecule has 1 aromatic heterocycles. The van der Waals surface area contributed by atoms with Gasteiger partial charge in [-0.25, -0.2) is 9.37 Å². The highest BCUT2D eigenvalue weighted by Gasteiger charge is 2.28. The lowest BCUT2D eigenvalue weighted by molar-refractivity contribution is -0.126. The van der Waals surface area contributed by atoms with E-state index in [0.717, 1.165) is 11.8 Å². The van der Waals surface area contributed by atoms with E-state index in [4.69, 9.17) is 4.74 Å². The number of halogens is 1. The first-order valence-corrected chi connectivity index (χ1v) is 9.07. The molecule has 0 radical (unpaired) electrons. The second-order valence-corrected chi connectivity index (χ2v) is 6.23. The number of amides is 1. The van der Waals surface area contributed by atoms with Gasteiger partial charge in [-0.05, 0) is 31.2 Å². The van der Waals surface area contributed by atoms with Crippen molar-refractivity contribution >= 4 is 23.4 Å². The van der Waals surface area contributed by atoms with Gasteiger partial charge in [0, 0.05) is 30.4 Å². The molecule has 0 fully saturated rings. The Morgan fingerprint density at radius 1 is 1.41 bits per heavy atom. The number of anilines is 3. The molecule has 1 amide bonds. The Morgan fingerprint density at radius 2 is 2.24 bits per heavy atom. The van der Waals surface area contributed by atoms with Gasteiger partial charge in [0.25, 0.3) is 5.91 Å². The summed E-state index contributed by atoms with van der Waals surface area (Å²) >= 11 is 0. The number of likely N-dealkylation sites (N-methyl/N-ethyl adjacent to an activating group) is 1. The zero-order chi connectivity index (χ0) is 20.8. The average molecular weight is 395 g/mol. The topological polar surface area (TPSA) is 88.2 Å². The fourth-order valence-electron chi connectivity index (χ4n) is 2.80. The normalized spacial score (nSPS) is 15.6. The predicted molar refractivity (Wildman–Crippen MR) is 111 cm³/mol. The van der Waals surface area contributed by atoms with E-state index in [1.165, 1.54) is 0 Å². The van der Waals surface area contributed by atoms with Crippen molar-refractivity contribution in [3.05, 3.63) is 72.4 Å². The van der Waals surface area contributed by atoms with E-state index in [-0.39, 0.29) is 17.7 Å². The molecule has 1 atom stereocenters. The summed E-state index contributed by atoms with van der Waals surface area (Å²) < 4.78 is 19.8. The molecule has 150 valence electrons. The van der Waals surface area contributed by atoms with Crippen LogP contribution in [0.4, 0.5) is 21.8 Å². The third kappa shape index (κ3) is 4.78. The molecule has 1 unspecified atom stereocenters. The quantitative estimate of drug-likeness (QED) is 0.622. The van der Waals surface area contributed by atoms with Crippen LogP contribution in [-0.2, 0) is 11.2 Å². The molecule has 1 aliphatic heterocycles. The van der Waals surface area contributed by atoms with Crippen LogP contribution in [0.2, 0.25) is 0 Å². The van der Waals surface area contributed by atoms with Gasteiger partial charge in [-0.1, -0.05) is 24.8 Å². The van der Waals surface area contributed by atoms with E-state index < -0.39 is 11.9 Å². The lowest BCUT2D eigenvalue weighted by Gasteiger charge is -2.10. The number of hydrogen-bond donors (Lipinski definition) is 3. The SMILES string of the molecule is C=C/C=C\C(=C/C)Nc1nc(Nc2ccc3c(c2)CC(C(=O)NC)O3)ncc1F. The van der Waals surface area contributed by atoms with Crippen molar-refractivity contribution in [1.29, 1.82) is 0 Å². The number of benzene rings is 1. The molecule has 29 heavy (non-hydrogen) atoms. The molecule has 3 rings (SSSR count). The minimum Gasteiger partial charge on any atom is -0.480 e. The zero-order valence-electron chi connectivity index (χ0n) is 16.2. The standard InChI is InChI=1S/C21H22FN5O2/c1-4-6-7-14(5-2)25-19-16(22)12-24-21(27-19)26-15-8-9-17-13(10-15)11-18(29-17)20(28)23-3/h4-10,12,18H,1,11H2,2-3H3,(H,23,28)(H2,24,25,26,27)/b7-6-,14-5+. The number of fused-ring (bicyclic) bond motifs is 1. The van der Waals surface area contributed by atoms with Crippen LogP contribution >= 0.6 is 0 Å². The van der Waals surface area contributed by atoms with Gasteiger partial charge < -0.3 is 20.7 Å².